The highest BCUT2D eigenvalue weighted by Crippen LogP contribution is 2.38. The summed E-state index contributed by atoms with van der Waals surface area (Å²) in [5.74, 6) is -1.44. The van der Waals surface area contributed by atoms with Crippen LogP contribution < -0.4 is 21.3 Å². The Kier molecular flexibility index (Phi) is 8.14. The van der Waals surface area contributed by atoms with Crippen molar-refractivity contribution in [1.82, 2.24) is 19.9 Å². The fourth-order valence-corrected chi connectivity index (χ4v) is 5.89. The molecule has 1 unspecified atom stereocenters. The first-order valence-electron chi connectivity index (χ1n) is 14.8. The lowest BCUT2D eigenvalue weighted by Crippen LogP contribution is -2.34. The molecule has 0 saturated carbocycles. The zero-order chi connectivity index (χ0) is 32.6. The van der Waals surface area contributed by atoms with Crippen molar-refractivity contribution in [2.75, 3.05) is 30.9 Å². The average molecular weight is 628 g/mol. The second kappa shape index (κ2) is 12.2. The topological polar surface area (TPSA) is 172 Å². The second-order valence-corrected chi connectivity index (χ2v) is 11.3. The van der Waals surface area contributed by atoms with Crippen molar-refractivity contribution in [1.29, 1.82) is 5.26 Å². The number of pyridine rings is 2. The largest absolute Gasteiger partial charge is 0.508 e. The molecule has 1 fully saturated rings. The summed E-state index contributed by atoms with van der Waals surface area (Å²) in [4.78, 5) is 29.2. The molecule has 0 amide bonds. The van der Waals surface area contributed by atoms with Gasteiger partial charge in [-0.2, -0.15) is 15.2 Å². The van der Waals surface area contributed by atoms with Crippen molar-refractivity contribution in [3.63, 3.8) is 0 Å². The molecule has 5 aromatic rings. The highest BCUT2D eigenvalue weighted by atomic mass is 19.1. The highest BCUT2D eigenvalue weighted by molar-refractivity contribution is 6.01. The summed E-state index contributed by atoms with van der Waals surface area (Å²) in [6.07, 6.45) is 2.67. The lowest BCUT2D eigenvalue weighted by Gasteiger charge is -2.29. The fraction of sp³-hybridized carbons (Fsp3) is 0.303. The SMILES string of the molecule is CCc1c(F)ccc2cc(O)cc(-c3[nH]c(=O)c4c(NC(C)c5cccnc5N)nc(OCC5(C#N)CCOCC5)nc4c3F)c12. The Hall–Kier alpha value is -5.35. The molecule has 2 aromatic carbocycles. The monoisotopic (exact) mass is 627 g/mol. The van der Waals surface area contributed by atoms with Gasteiger partial charge in [-0.3, -0.25) is 4.79 Å². The highest BCUT2D eigenvalue weighted by Gasteiger charge is 2.34. The molecule has 5 N–H and O–H groups in total. The van der Waals surface area contributed by atoms with Crippen LogP contribution >= 0.6 is 0 Å². The Morgan fingerprint density at radius 3 is 2.72 bits per heavy atom. The maximum atomic E-state index is 16.7. The molecule has 0 spiro atoms. The van der Waals surface area contributed by atoms with Gasteiger partial charge >= 0.3 is 6.01 Å². The minimum atomic E-state index is -0.947. The third-order valence-electron chi connectivity index (χ3n) is 8.41. The van der Waals surface area contributed by atoms with Crippen molar-refractivity contribution in [2.24, 2.45) is 5.41 Å². The number of anilines is 2. The number of fused-ring (bicyclic) bond motifs is 2. The lowest BCUT2D eigenvalue weighted by atomic mass is 9.83. The van der Waals surface area contributed by atoms with Crippen LogP contribution in [0.5, 0.6) is 11.8 Å². The predicted molar refractivity (Wildman–Crippen MR) is 168 cm³/mol. The molecular formula is C33H31F2N7O4. The number of aromatic hydroxyl groups is 1. The molecule has 13 heteroatoms. The van der Waals surface area contributed by atoms with Crippen LogP contribution in [0.3, 0.4) is 0 Å². The van der Waals surface area contributed by atoms with Crippen molar-refractivity contribution < 1.29 is 23.4 Å². The Morgan fingerprint density at radius 1 is 1.22 bits per heavy atom. The summed E-state index contributed by atoms with van der Waals surface area (Å²) in [6.45, 7) is 4.21. The minimum absolute atomic E-state index is 0.0403. The van der Waals surface area contributed by atoms with E-state index in [1.807, 2.05) is 0 Å². The summed E-state index contributed by atoms with van der Waals surface area (Å²) < 4.78 is 43.0. The van der Waals surface area contributed by atoms with E-state index in [4.69, 9.17) is 15.2 Å². The van der Waals surface area contributed by atoms with Crippen molar-refractivity contribution >= 4 is 33.3 Å². The third-order valence-corrected chi connectivity index (χ3v) is 8.41. The summed E-state index contributed by atoms with van der Waals surface area (Å²) in [5.41, 5.74) is 4.80. The van der Waals surface area contributed by atoms with E-state index in [2.05, 4.69) is 31.3 Å². The second-order valence-electron chi connectivity index (χ2n) is 11.3. The first-order valence-corrected chi connectivity index (χ1v) is 14.8. The molecule has 1 aliphatic heterocycles. The zero-order valence-corrected chi connectivity index (χ0v) is 25.2. The number of rotatable bonds is 8. The van der Waals surface area contributed by atoms with Gasteiger partial charge in [0.05, 0.1) is 23.2 Å². The molecule has 11 nitrogen and oxygen atoms in total. The number of nitrogens with one attached hydrogen (secondary N) is 2. The standard InChI is InChI=1S/C33H31F2N7O4/c1-3-20-23(34)7-6-18-13-19(43)14-22(24(18)20)27-26(35)28-25(31(44)40-27)30(39-17(2)21-5-4-10-38-29(21)37)42-32(41-28)46-16-33(15-36)8-11-45-12-9-33/h4-7,10,13-14,17,43H,3,8-9,11-12,16H2,1-2H3,(H2,37,38)(H,40,44)(H,39,41,42). The molecule has 1 aliphatic rings. The van der Waals surface area contributed by atoms with E-state index in [0.717, 1.165) is 0 Å². The van der Waals surface area contributed by atoms with Gasteiger partial charge in [-0.25, -0.2) is 13.8 Å². The quantitative estimate of drug-likeness (QED) is 0.171. The normalized spacial score (nSPS) is 15.0. The van der Waals surface area contributed by atoms with Crippen molar-refractivity contribution in [3.8, 4) is 29.1 Å². The zero-order valence-electron chi connectivity index (χ0n) is 25.2. The molecule has 46 heavy (non-hydrogen) atoms. The van der Waals surface area contributed by atoms with E-state index in [-0.39, 0.29) is 58.6 Å². The van der Waals surface area contributed by atoms with Crippen LogP contribution in [0.25, 0.3) is 32.9 Å². The number of nitrogen functional groups attached to an aromatic ring is 1. The van der Waals surface area contributed by atoms with Gasteiger partial charge in [-0.15, -0.1) is 0 Å². The Labute approximate surface area is 262 Å². The number of H-pyrrole nitrogens is 1. The number of halogens is 2. The van der Waals surface area contributed by atoms with Gasteiger partial charge in [0.15, 0.2) is 5.82 Å². The van der Waals surface area contributed by atoms with Crippen LogP contribution in [0.1, 0.15) is 43.9 Å². The van der Waals surface area contributed by atoms with Crippen LogP contribution in [0.2, 0.25) is 0 Å². The van der Waals surface area contributed by atoms with Crippen molar-refractivity contribution in [2.45, 2.75) is 39.2 Å². The van der Waals surface area contributed by atoms with Gasteiger partial charge < -0.3 is 30.6 Å². The number of phenols is 1. The third kappa shape index (κ3) is 5.52. The van der Waals surface area contributed by atoms with Crippen LogP contribution in [0.15, 0.2) is 47.4 Å². The molecule has 236 valence electrons. The molecule has 1 saturated heterocycles. The van der Waals surface area contributed by atoms with E-state index in [9.17, 15) is 19.6 Å². The van der Waals surface area contributed by atoms with Gasteiger partial charge in [-0.05, 0) is 66.8 Å². The minimum Gasteiger partial charge on any atom is -0.508 e. The number of nitrogens with two attached hydrogens (primary N) is 1. The predicted octanol–water partition coefficient (Wildman–Crippen LogP) is 5.53. The smallest absolute Gasteiger partial charge is 0.319 e. The number of aromatic amines is 1. The molecule has 4 heterocycles. The van der Waals surface area contributed by atoms with E-state index in [0.29, 0.717) is 48.0 Å². The van der Waals surface area contributed by atoms with Crippen LogP contribution in [-0.2, 0) is 11.2 Å². The number of aryl methyl sites for hydroxylation is 1. The van der Waals surface area contributed by atoms with Gasteiger partial charge in [0.1, 0.15) is 40.7 Å². The lowest BCUT2D eigenvalue weighted by molar-refractivity contribution is 0.0175. The van der Waals surface area contributed by atoms with Gasteiger partial charge in [0.2, 0.25) is 0 Å². The number of aromatic nitrogens is 4. The number of benzene rings is 2. The Morgan fingerprint density at radius 2 is 2.00 bits per heavy atom. The van der Waals surface area contributed by atoms with E-state index in [1.165, 1.54) is 24.3 Å². The van der Waals surface area contributed by atoms with Gasteiger partial charge in [-0.1, -0.05) is 19.1 Å². The number of ether oxygens (including phenoxy) is 2. The van der Waals surface area contributed by atoms with Gasteiger partial charge in [0, 0.05) is 30.5 Å². The summed E-state index contributed by atoms with van der Waals surface area (Å²) in [7, 11) is 0. The molecule has 0 aliphatic carbocycles. The fourth-order valence-electron chi connectivity index (χ4n) is 5.89. The maximum absolute atomic E-state index is 16.7. The number of hydrogen-bond acceptors (Lipinski definition) is 10. The number of nitrogens with zero attached hydrogens (tertiary/aromatic N) is 4. The number of hydrogen-bond donors (Lipinski definition) is 4. The van der Waals surface area contributed by atoms with Crippen LogP contribution in [-0.4, -0.2) is 44.9 Å². The van der Waals surface area contributed by atoms with Gasteiger partial charge in [0.25, 0.3) is 5.56 Å². The maximum Gasteiger partial charge on any atom is 0.319 e. The summed E-state index contributed by atoms with van der Waals surface area (Å²) in [5, 5.41) is 24.2. The average Bonchev–Trinajstić information content (AvgIpc) is 3.05. The van der Waals surface area contributed by atoms with Crippen molar-refractivity contribution in [3.05, 3.63) is 75.7 Å². The van der Waals surface area contributed by atoms with E-state index < -0.39 is 28.7 Å². The van der Waals surface area contributed by atoms with E-state index in [1.54, 1.807) is 32.2 Å². The molecular weight excluding hydrogens is 596 g/mol. The Balaban J connectivity index is 1.55. The van der Waals surface area contributed by atoms with Crippen LogP contribution in [0.4, 0.5) is 20.4 Å². The molecule has 6 rings (SSSR count). The summed E-state index contributed by atoms with van der Waals surface area (Å²) in [6, 6.07) is 10.4. The molecule has 0 radical (unpaired) electrons. The molecule has 0 bridgehead atoms. The number of phenolic OH excluding ortho intramolecular Hbond substituents is 1. The first-order chi connectivity index (χ1) is 22.1. The Bertz CT molecular complexity index is 2070. The first kappa shape index (κ1) is 30.7. The summed E-state index contributed by atoms with van der Waals surface area (Å²) >= 11 is 0. The molecule has 3 aromatic heterocycles. The number of nitriles is 1. The van der Waals surface area contributed by atoms with E-state index >= 15 is 4.39 Å². The molecule has 1 atom stereocenters. The van der Waals surface area contributed by atoms with Crippen LogP contribution in [0, 0.1) is 28.4 Å².